The van der Waals surface area contributed by atoms with Gasteiger partial charge in [-0.1, -0.05) is 11.6 Å². The van der Waals surface area contributed by atoms with Crippen molar-refractivity contribution in [3.63, 3.8) is 0 Å². The molecule has 1 aromatic heterocycles. The van der Waals surface area contributed by atoms with E-state index in [2.05, 4.69) is 26.4 Å². The average molecular weight is 531 g/mol. The van der Waals surface area contributed by atoms with Gasteiger partial charge in [-0.05, 0) is 31.3 Å². The SMILES string of the molecule is CNCCN(C)c1cc(C#N)ccc1Nc1cc(F)c(S(=O)(=O)Nc2nccs2)cc1Cl.Cl. The first-order valence-electron chi connectivity index (χ1n) is 9.33. The molecular formula is C20H21Cl2FN6O2S2. The predicted octanol–water partition coefficient (Wildman–Crippen LogP) is 4.43. The summed E-state index contributed by atoms with van der Waals surface area (Å²) in [5, 5.41) is 17.1. The second-order valence-corrected chi connectivity index (χ2v) is 9.65. The van der Waals surface area contributed by atoms with Gasteiger partial charge in [-0.25, -0.2) is 17.8 Å². The molecule has 3 N–H and O–H groups in total. The molecule has 0 spiro atoms. The summed E-state index contributed by atoms with van der Waals surface area (Å²) in [5.74, 6) is -0.973. The lowest BCUT2D eigenvalue weighted by atomic mass is 10.1. The maximum atomic E-state index is 14.8. The topological polar surface area (TPSA) is 110 Å². The van der Waals surface area contributed by atoms with Crippen molar-refractivity contribution in [3.8, 4) is 6.07 Å². The van der Waals surface area contributed by atoms with Crippen molar-refractivity contribution in [2.45, 2.75) is 4.90 Å². The second kappa shape index (κ2) is 11.5. The molecule has 0 aliphatic heterocycles. The molecule has 3 aromatic rings. The number of hydrogen-bond acceptors (Lipinski definition) is 8. The van der Waals surface area contributed by atoms with Crippen LogP contribution in [0.25, 0.3) is 0 Å². The molecule has 0 saturated carbocycles. The van der Waals surface area contributed by atoms with E-state index in [0.717, 1.165) is 23.5 Å². The molecule has 3 rings (SSSR count). The van der Waals surface area contributed by atoms with Gasteiger partial charge in [0.1, 0.15) is 10.7 Å². The third-order valence-electron chi connectivity index (χ3n) is 4.47. The van der Waals surface area contributed by atoms with Crippen molar-refractivity contribution in [3.05, 3.63) is 58.3 Å². The summed E-state index contributed by atoms with van der Waals surface area (Å²) in [6, 6.07) is 9.18. The molecular weight excluding hydrogens is 510 g/mol. The van der Waals surface area contributed by atoms with Crippen molar-refractivity contribution in [2.75, 3.05) is 42.1 Å². The van der Waals surface area contributed by atoms with E-state index in [1.807, 2.05) is 19.0 Å². The lowest BCUT2D eigenvalue weighted by Crippen LogP contribution is -2.27. The Kier molecular flexibility index (Phi) is 9.27. The number of anilines is 4. The Morgan fingerprint density at radius 2 is 2.03 bits per heavy atom. The largest absolute Gasteiger partial charge is 0.372 e. The highest BCUT2D eigenvalue weighted by Crippen LogP contribution is 2.35. The number of sulfonamides is 1. The summed E-state index contributed by atoms with van der Waals surface area (Å²) in [4.78, 5) is 5.19. The zero-order valence-corrected chi connectivity index (χ0v) is 20.8. The van der Waals surface area contributed by atoms with E-state index in [1.165, 1.54) is 6.20 Å². The molecule has 0 saturated heterocycles. The van der Waals surface area contributed by atoms with E-state index in [1.54, 1.807) is 23.6 Å². The molecule has 0 aliphatic rings. The lowest BCUT2D eigenvalue weighted by molar-refractivity contribution is 0.571. The van der Waals surface area contributed by atoms with E-state index in [-0.39, 0.29) is 28.2 Å². The summed E-state index contributed by atoms with van der Waals surface area (Å²) in [6.07, 6.45) is 1.43. The summed E-state index contributed by atoms with van der Waals surface area (Å²) < 4.78 is 42.1. The van der Waals surface area contributed by atoms with Gasteiger partial charge in [-0.2, -0.15) is 5.26 Å². The van der Waals surface area contributed by atoms with Gasteiger partial charge < -0.3 is 15.5 Å². The quantitative estimate of drug-likeness (QED) is 0.375. The zero-order chi connectivity index (χ0) is 23.3. The number of halogens is 3. The van der Waals surface area contributed by atoms with Gasteiger partial charge in [0.15, 0.2) is 5.13 Å². The van der Waals surface area contributed by atoms with Crippen LogP contribution in [-0.4, -0.2) is 40.6 Å². The molecule has 0 bridgehead atoms. The first kappa shape index (κ1) is 26.6. The fourth-order valence-electron chi connectivity index (χ4n) is 2.84. The fraction of sp³-hybridized carbons (Fsp3) is 0.200. The standard InChI is InChI=1S/C20H20ClFN6O2S2.ClH/c1-24-5-7-28(2)18-9-13(12-23)3-4-16(18)26-17-11-15(22)19(10-14(17)21)32(29,30)27-20-25-6-8-31-20;/h3-4,6,8-11,24,26H,5,7H2,1-2H3,(H,25,27);1H. The van der Waals surface area contributed by atoms with E-state index >= 15 is 0 Å². The van der Waals surface area contributed by atoms with Crippen LogP contribution in [0.1, 0.15) is 5.56 Å². The Labute approximate surface area is 206 Å². The van der Waals surface area contributed by atoms with Crippen molar-refractivity contribution in [1.29, 1.82) is 5.26 Å². The highest BCUT2D eigenvalue weighted by atomic mass is 35.5. The van der Waals surface area contributed by atoms with Crippen LogP contribution in [0.4, 0.5) is 26.6 Å². The maximum Gasteiger partial charge on any atom is 0.266 e. The molecule has 0 aliphatic carbocycles. The molecule has 176 valence electrons. The molecule has 0 radical (unpaired) electrons. The maximum absolute atomic E-state index is 14.8. The normalized spacial score (nSPS) is 10.8. The fourth-order valence-corrected chi connectivity index (χ4v) is 4.99. The number of nitrogens with zero attached hydrogens (tertiary/aromatic N) is 3. The Morgan fingerprint density at radius 3 is 2.67 bits per heavy atom. The smallest absolute Gasteiger partial charge is 0.266 e. The molecule has 0 unspecified atom stereocenters. The van der Waals surface area contributed by atoms with Crippen LogP contribution in [0, 0.1) is 17.1 Å². The highest BCUT2D eigenvalue weighted by Gasteiger charge is 2.23. The van der Waals surface area contributed by atoms with Crippen LogP contribution >= 0.6 is 35.3 Å². The average Bonchev–Trinajstić information content (AvgIpc) is 3.26. The van der Waals surface area contributed by atoms with Crippen molar-refractivity contribution < 1.29 is 12.8 Å². The molecule has 1 heterocycles. The number of nitriles is 1. The Balaban J connectivity index is 0.00000385. The van der Waals surface area contributed by atoms with Crippen LogP contribution in [-0.2, 0) is 10.0 Å². The Bertz CT molecular complexity index is 1250. The predicted molar refractivity (Wildman–Crippen MR) is 133 cm³/mol. The van der Waals surface area contributed by atoms with Gasteiger partial charge >= 0.3 is 0 Å². The van der Waals surface area contributed by atoms with Crippen molar-refractivity contribution in [2.24, 2.45) is 0 Å². The Hall–Kier alpha value is -2.62. The molecule has 2 aromatic carbocycles. The van der Waals surface area contributed by atoms with E-state index < -0.39 is 20.7 Å². The number of aromatic nitrogens is 1. The van der Waals surface area contributed by atoms with Crippen LogP contribution in [0.5, 0.6) is 0 Å². The van der Waals surface area contributed by atoms with Crippen LogP contribution in [0.15, 0.2) is 46.8 Å². The lowest BCUT2D eigenvalue weighted by Gasteiger charge is -2.23. The summed E-state index contributed by atoms with van der Waals surface area (Å²) in [7, 11) is -0.512. The van der Waals surface area contributed by atoms with Gasteiger partial charge in [0, 0.05) is 37.8 Å². The van der Waals surface area contributed by atoms with Gasteiger partial charge in [0.05, 0.1) is 33.7 Å². The third kappa shape index (κ3) is 6.46. The minimum atomic E-state index is -4.21. The summed E-state index contributed by atoms with van der Waals surface area (Å²) in [5.41, 5.74) is 1.94. The number of rotatable bonds is 9. The first-order chi connectivity index (χ1) is 15.2. The van der Waals surface area contributed by atoms with Crippen LogP contribution < -0.4 is 20.3 Å². The monoisotopic (exact) mass is 530 g/mol. The number of likely N-dealkylation sites (N-methyl/N-ethyl adjacent to an activating group) is 2. The van der Waals surface area contributed by atoms with Crippen molar-refractivity contribution >= 4 is 67.6 Å². The number of nitrogens with one attached hydrogen (secondary N) is 3. The summed E-state index contributed by atoms with van der Waals surface area (Å²) in [6.45, 7) is 1.36. The number of hydrogen-bond donors (Lipinski definition) is 3. The number of benzene rings is 2. The van der Waals surface area contributed by atoms with E-state index in [0.29, 0.717) is 30.0 Å². The molecule has 0 atom stereocenters. The Morgan fingerprint density at radius 1 is 1.27 bits per heavy atom. The van der Waals surface area contributed by atoms with Gasteiger partial charge in [0.2, 0.25) is 0 Å². The molecule has 8 nitrogen and oxygen atoms in total. The van der Waals surface area contributed by atoms with Gasteiger partial charge in [-0.3, -0.25) is 4.72 Å². The summed E-state index contributed by atoms with van der Waals surface area (Å²) >= 11 is 7.37. The molecule has 0 amide bonds. The van der Waals surface area contributed by atoms with Crippen LogP contribution in [0.3, 0.4) is 0 Å². The molecule has 0 fully saturated rings. The van der Waals surface area contributed by atoms with E-state index in [9.17, 15) is 18.1 Å². The minimum absolute atomic E-state index is 0. The first-order valence-corrected chi connectivity index (χ1v) is 12.1. The number of thiazole rings is 1. The molecule has 33 heavy (non-hydrogen) atoms. The highest BCUT2D eigenvalue weighted by molar-refractivity contribution is 7.93. The molecule has 13 heteroatoms. The van der Waals surface area contributed by atoms with Crippen molar-refractivity contribution in [1.82, 2.24) is 10.3 Å². The third-order valence-corrected chi connectivity index (χ3v) is 6.95. The minimum Gasteiger partial charge on any atom is -0.372 e. The van der Waals surface area contributed by atoms with Crippen LogP contribution in [0.2, 0.25) is 5.02 Å². The second-order valence-electron chi connectivity index (χ2n) is 6.70. The van der Waals surface area contributed by atoms with Gasteiger partial charge in [0.25, 0.3) is 10.0 Å². The zero-order valence-electron chi connectivity index (χ0n) is 17.6. The van der Waals surface area contributed by atoms with Gasteiger partial charge in [-0.15, -0.1) is 23.7 Å². The van der Waals surface area contributed by atoms with E-state index in [4.69, 9.17) is 11.6 Å².